The van der Waals surface area contributed by atoms with Gasteiger partial charge in [0, 0.05) is 30.2 Å². The maximum atomic E-state index is 13.2. The maximum absolute atomic E-state index is 13.2. The highest BCUT2D eigenvalue weighted by Gasteiger charge is 2.33. The normalized spacial score (nSPS) is 14.0. The van der Waals surface area contributed by atoms with Crippen molar-refractivity contribution in [3.8, 4) is 0 Å². The maximum Gasteiger partial charge on any atom is 0.339 e. The third-order valence-corrected chi connectivity index (χ3v) is 7.52. The van der Waals surface area contributed by atoms with E-state index in [4.69, 9.17) is 4.74 Å². The smallest absolute Gasteiger partial charge is 0.339 e. The van der Waals surface area contributed by atoms with Crippen LogP contribution in [0.5, 0.6) is 0 Å². The van der Waals surface area contributed by atoms with E-state index in [2.05, 4.69) is 20.3 Å². The molecule has 0 radical (unpaired) electrons. The molecule has 12 heteroatoms. The molecular weight excluding hydrogens is 442 g/mol. The molecule has 0 saturated heterocycles. The first-order valence-electron chi connectivity index (χ1n) is 9.13. The second-order valence-corrected chi connectivity index (χ2v) is 9.50. The Hall–Kier alpha value is -3.22. The molecular formula is C19H17N5O5S2. The van der Waals surface area contributed by atoms with Crippen molar-refractivity contribution in [3.63, 3.8) is 0 Å². The Morgan fingerprint density at radius 1 is 1.23 bits per heavy atom. The zero-order valence-electron chi connectivity index (χ0n) is 16.3. The van der Waals surface area contributed by atoms with Crippen LogP contribution >= 0.6 is 11.3 Å². The number of fused-ring (bicyclic) bond motifs is 1. The molecule has 2 aromatic heterocycles. The van der Waals surface area contributed by atoms with Gasteiger partial charge >= 0.3 is 5.97 Å². The highest BCUT2D eigenvalue weighted by molar-refractivity contribution is 7.89. The first kappa shape index (κ1) is 21.0. The van der Waals surface area contributed by atoms with Crippen molar-refractivity contribution in [1.29, 1.82) is 0 Å². The molecule has 1 aliphatic heterocycles. The standard InChI is InChI=1S/C19H17N5O5S2/c1-29-18(26)12-4-2-3-5-16(12)31(27,28)24-9-6-13-15(11-24)30-19(22-13)23-17(25)14-10-20-7-8-21-14/h2-5,7-8,10H,6,9,11H2,1H3,(H,22,23,25). The van der Waals surface area contributed by atoms with Crippen molar-refractivity contribution in [2.75, 3.05) is 19.0 Å². The lowest BCUT2D eigenvalue weighted by Crippen LogP contribution is -2.36. The number of aromatic nitrogens is 3. The van der Waals surface area contributed by atoms with Gasteiger partial charge in [-0.15, -0.1) is 11.3 Å². The number of carbonyl (C=O) groups excluding carboxylic acids is 2. The number of nitrogens with zero attached hydrogens (tertiary/aromatic N) is 4. The summed E-state index contributed by atoms with van der Waals surface area (Å²) in [5.74, 6) is -1.17. The minimum atomic E-state index is -3.94. The fourth-order valence-electron chi connectivity index (χ4n) is 3.12. The van der Waals surface area contributed by atoms with E-state index in [0.29, 0.717) is 11.6 Å². The van der Waals surface area contributed by atoms with Crippen LogP contribution in [0.2, 0.25) is 0 Å². The first-order valence-corrected chi connectivity index (χ1v) is 11.4. The lowest BCUT2D eigenvalue weighted by Gasteiger charge is -2.26. The summed E-state index contributed by atoms with van der Waals surface area (Å²) in [4.78, 5) is 37.1. The van der Waals surface area contributed by atoms with Gasteiger partial charge in [-0.25, -0.2) is 23.2 Å². The molecule has 0 spiro atoms. The van der Waals surface area contributed by atoms with Crippen molar-refractivity contribution < 1.29 is 22.7 Å². The van der Waals surface area contributed by atoms with E-state index in [9.17, 15) is 18.0 Å². The molecule has 1 amide bonds. The van der Waals surface area contributed by atoms with Gasteiger partial charge in [-0.2, -0.15) is 4.31 Å². The van der Waals surface area contributed by atoms with Crippen molar-refractivity contribution in [2.24, 2.45) is 0 Å². The topological polar surface area (TPSA) is 131 Å². The molecule has 0 fully saturated rings. The summed E-state index contributed by atoms with van der Waals surface area (Å²) in [6.45, 7) is 0.290. The van der Waals surface area contributed by atoms with Crippen LogP contribution < -0.4 is 5.32 Å². The Balaban J connectivity index is 1.56. The molecule has 0 bridgehead atoms. The molecule has 1 aliphatic rings. The van der Waals surface area contributed by atoms with E-state index in [0.717, 1.165) is 10.6 Å². The second kappa shape index (κ2) is 8.49. The minimum Gasteiger partial charge on any atom is -0.465 e. The van der Waals surface area contributed by atoms with Crippen LogP contribution in [0.3, 0.4) is 0 Å². The van der Waals surface area contributed by atoms with Gasteiger partial charge in [0.15, 0.2) is 5.13 Å². The number of anilines is 1. The van der Waals surface area contributed by atoms with Gasteiger partial charge in [-0.1, -0.05) is 12.1 Å². The fraction of sp³-hybridized carbons (Fsp3) is 0.211. The molecule has 160 valence electrons. The number of esters is 1. The quantitative estimate of drug-likeness (QED) is 0.571. The molecule has 1 aromatic carbocycles. The van der Waals surface area contributed by atoms with Gasteiger partial charge in [0.2, 0.25) is 10.0 Å². The van der Waals surface area contributed by atoms with E-state index < -0.39 is 21.9 Å². The number of nitrogens with one attached hydrogen (secondary N) is 1. The highest BCUT2D eigenvalue weighted by atomic mass is 32.2. The van der Waals surface area contributed by atoms with E-state index in [1.165, 1.54) is 53.5 Å². The molecule has 0 unspecified atom stereocenters. The lowest BCUT2D eigenvalue weighted by atomic mass is 10.2. The Labute approximate surface area is 182 Å². The summed E-state index contributed by atoms with van der Waals surface area (Å²) in [5, 5.41) is 3.03. The molecule has 10 nitrogen and oxygen atoms in total. The van der Waals surface area contributed by atoms with Crippen molar-refractivity contribution in [1.82, 2.24) is 19.3 Å². The van der Waals surface area contributed by atoms with Crippen LogP contribution in [0, 0.1) is 0 Å². The summed E-state index contributed by atoms with van der Waals surface area (Å²) in [5.41, 5.74) is 0.864. The van der Waals surface area contributed by atoms with Crippen LogP contribution in [0.25, 0.3) is 0 Å². The number of hydrogen-bond acceptors (Lipinski definition) is 9. The zero-order valence-corrected chi connectivity index (χ0v) is 17.9. The molecule has 1 N–H and O–H groups in total. The molecule has 4 rings (SSSR count). The highest BCUT2D eigenvalue weighted by Crippen LogP contribution is 2.32. The summed E-state index contributed by atoms with van der Waals surface area (Å²) in [6.07, 6.45) is 4.60. The number of carbonyl (C=O) groups is 2. The van der Waals surface area contributed by atoms with Crippen LogP contribution in [-0.4, -0.2) is 53.2 Å². The van der Waals surface area contributed by atoms with E-state index in [-0.39, 0.29) is 29.2 Å². The number of methoxy groups -OCH3 is 1. The Kier molecular flexibility index (Phi) is 5.76. The molecule has 31 heavy (non-hydrogen) atoms. The largest absolute Gasteiger partial charge is 0.465 e. The average molecular weight is 460 g/mol. The molecule has 0 atom stereocenters. The summed E-state index contributed by atoms with van der Waals surface area (Å²) < 4.78 is 32.5. The zero-order chi connectivity index (χ0) is 22.0. The lowest BCUT2D eigenvalue weighted by molar-refractivity contribution is 0.0596. The number of hydrogen-bond donors (Lipinski definition) is 1. The van der Waals surface area contributed by atoms with E-state index in [1.807, 2.05) is 0 Å². The number of amides is 1. The van der Waals surface area contributed by atoms with Gasteiger partial charge in [0.05, 0.1) is 36.0 Å². The number of benzene rings is 1. The summed E-state index contributed by atoms with van der Waals surface area (Å²) in [7, 11) is -2.74. The third-order valence-electron chi connectivity index (χ3n) is 4.62. The van der Waals surface area contributed by atoms with Crippen molar-refractivity contribution in [3.05, 3.63) is 64.7 Å². The van der Waals surface area contributed by atoms with Gasteiger partial charge in [0.1, 0.15) is 5.69 Å². The summed E-state index contributed by atoms with van der Waals surface area (Å²) in [6, 6.07) is 5.94. The Morgan fingerprint density at radius 2 is 2.03 bits per heavy atom. The molecule has 3 aromatic rings. The molecule has 0 aliphatic carbocycles. The van der Waals surface area contributed by atoms with E-state index in [1.54, 1.807) is 12.1 Å². The van der Waals surface area contributed by atoms with Crippen LogP contribution in [0.4, 0.5) is 5.13 Å². The number of thiazole rings is 1. The van der Waals surface area contributed by atoms with E-state index >= 15 is 0 Å². The molecule has 0 saturated carbocycles. The first-order chi connectivity index (χ1) is 14.9. The van der Waals surface area contributed by atoms with Crippen LogP contribution in [-0.2, 0) is 27.7 Å². The van der Waals surface area contributed by atoms with Gasteiger partial charge < -0.3 is 4.74 Å². The van der Waals surface area contributed by atoms with Crippen molar-refractivity contribution in [2.45, 2.75) is 17.9 Å². The van der Waals surface area contributed by atoms with Gasteiger partial charge in [-0.05, 0) is 12.1 Å². The fourth-order valence-corrected chi connectivity index (χ4v) is 5.81. The predicted octanol–water partition coefficient (Wildman–Crippen LogP) is 1.72. The molecule has 3 heterocycles. The van der Waals surface area contributed by atoms with Crippen LogP contribution in [0.1, 0.15) is 31.4 Å². The Morgan fingerprint density at radius 3 is 2.77 bits per heavy atom. The number of sulfonamides is 1. The predicted molar refractivity (Wildman–Crippen MR) is 111 cm³/mol. The van der Waals surface area contributed by atoms with Crippen molar-refractivity contribution >= 4 is 38.4 Å². The summed E-state index contributed by atoms with van der Waals surface area (Å²) >= 11 is 1.20. The second-order valence-electron chi connectivity index (χ2n) is 6.51. The monoisotopic (exact) mass is 459 g/mol. The third kappa shape index (κ3) is 4.17. The average Bonchev–Trinajstić information content (AvgIpc) is 3.20. The van der Waals surface area contributed by atoms with Crippen LogP contribution in [0.15, 0.2) is 47.8 Å². The number of rotatable bonds is 5. The SMILES string of the molecule is COC(=O)c1ccccc1S(=O)(=O)N1CCc2nc(NC(=O)c3cnccn3)sc2C1. The number of ether oxygens (including phenoxy) is 1. The Bertz CT molecular complexity index is 1240. The van der Waals surface area contributed by atoms with Gasteiger partial charge in [-0.3, -0.25) is 15.1 Å². The van der Waals surface area contributed by atoms with Gasteiger partial charge in [0.25, 0.3) is 5.91 Å². The minimum absolute atomic E-state index is 0.0166.